The lowest BCUT2D eigenvalue weighted by atomic mass is 10.2. The first kappa shape index (κ1) is 10.6. The average molecular weight is 193 g/mol. The highest BCUT2D eigenvalue weighted by atomic mass is 16.6. The summed E-state index contributed by atoms with van der Waals surface area (Å²) in [6.45, 7) is 8.65. The molecular formula is C11H15NO2. The van der Waals surface area contributed by atoms with E-state index >= 15 is 0 Å². The average Bonchev–Trinajstić information content (AvgIpc) is 2.53. The molecule has 1 aliphatic rings. The van der Waals surface area contributed by atoms with Crippen LogP contribution in [-0.4, -0.2) is 24.1 Å². The van der Waals surface area contributed by atoms with Crippen molar-refractivity contribution in [3.8, 4) is 0 Å². The summed E-state index contributed by atoms with van der Waals surface area (Å²) in [5, 5.41) is 0. The van der Waals surface area contributed by atoms with Gasteiger partial charge < -0.3 is 4.74 Å². The van der Waals surface area contributed by atoms with Crippen molar-refractivity contribution in [3.05, 3.63) is 36.1 Å². The van der Waals surface area contributed by atoms with Crippen molar-refractivity contribution >= 4 is 6.09 Å². The van der Waals surface area contributed by atoms with Gasteiger partial charge in [-0.25, -0.2) is 4.79 Å². The molecule has 14 heavy (non-hydrogen) atoms. The molecule has 0 aromatic heterocycles. The van der Waals surface area contributed by atoms with E-state index in [1.54, 1.807) is 4.90 Å². The lowest BCUT2D eigenvalue weighted by Gasteiger charge is -2.12. The quantitative estimate of drug-likeness (QED) is 0.644. The Bertz CT molecular complexity index is 302. The van der Waals surface area contributed by atoms with E-state index in [-0.39, 0.29) is 6.09 Å². The summed E-state index contributed by atoms with van der Waals surface area (Å²) in [6.07, 6.45) is 5.35. The fraction of sp³-hybridized carbons (Fsp3) is 0.364. The molecule has 0 atom stereocenters. The second kappa shape index (κ2) is 4.65. The van der Waals surface area contributed by atoms with Crippen molar-refractivity contribution in [1.82, 2.24) is 4.90 Å². The highest BCUT2D eigenvalue weighted by Crippen LogP contribution is 2.13. The van der Waals surface area contributed by atoms with Crippen LogP contribution in [0.2, 0.25) is 0 Å². The Kier molecular flexibility index (Phi) is 3.51. The van der Waals surface area contributed by atoms with Gasteiger partial charge in [-0.3, -0.25) is 4.90 Å². The van der Waals surface area contributed by atoms with Gasteiger partial charge in [-0.05, 0) is 19.9 Å². The number of amides is 1. The molecule has 0 spiro atoms. The molecule has 1 rings (SSSR count). The number of carbonyl (C=O) groups excluding carboxylic acids is 1. The molecule has 3 heteroatoms. The van der Waals surface area contributed by atoms with E-state index in [0.717, 1.165) is 11.3 Å². The normalized spacial score (nSPS) is 17.7. The van der Waals surface area contributed by atoms with E-state index < -0.39 is 0 Å². The molecule has 1 aliphatic heterocycles. The van der Waals surface area contributed by atoms with Gasteiger partial charge in [-0.1, -0.05) is 24.3 Å². The molecule has 0 bridgehead atoms. The molecule has 0 N–H and O–H groups in total. The monoisotopic (exact) mass is 193 g/mol. The van der Waals surface area contributed by atoms with E-state index in [1.807, 2.05) is 32.1 Å². The first-order valence-electron chi connectivity index (χ1n) is 4.59. The first-order valence-corrected chi connectivity index (χ1v) is 4.59. The predicted octanol–water partition coefficient (Wildman–Crippen LogP) is 2.47. The van der Waals surface area contributed by atoms with Crippen molar-refractivity contribution < 1.29 is 9.53 Å². The molecule has 0 unspecified atom stereocenters. The fourth-order valence-corrected chi connectivity index (χ4v) is 1.20. The minimum atomic E-state index is -0.274. The van der Waals surface area contributed by atoms with Crippen LogP contribution in [0.1, 0.15) is 13.8 Å². The van der Waals surface area contributed by atoms with Gasteiger partial charge in [0.15, 0.2) is 0 Å². The zero-order valence-electron chi connectivity index (χ0n) is 8.62. The van der Waals surface area contributed by atoms with Gasteiger partial charge in [0.25, 0.3) is 0 Å². The Morgan fingerprint density at radius 1 is 1.57 bits per heavy atom. The summed E-state index contributed by atoms with van der Waals surface area (Å²) in [4.78, 5) is 12.8. The Morgan fingerprint density at radius 2 is 2.29 bits per heavy atom. The third-order valence-corrected chi connectivity index (χ3v) is 1.91. The predicted molar refractivity (Wildman–Crippen MR) is 55.8 cm³/mol. The molecule has 1 fully saturated rings. The maximum Gasteiger partial charge on any atom is 0.414 e. The van der Waals surface area contributed by atoms with Crippen LogP contribution in [0, 0.1) is 0 Å². The third-order valence-electron chi connectivity index (χ3n) is 1.91. The topological polar surface area (TPSA) is 29.5 Å². The molecule has 0 saturated carbocycles. The smallest absolute Gasteiger partial charge is 0.414 e. The molecule has 1 amide bonds. The van der Waals surface area contributed by atoms with Crippen LogP contribution >= 0.6 is 0 Å². The van der Waals surface area contributed by atoms with E-state index in [4.69, 9.17) is 4.74 Å². The highest BCUT2D eigenvalue weighted by Gasteiger charge is 2.23. The standard InChI is InChI=1S/C11H15NO2/c1-4-10(6-5-9(2)3)12-7-8-14-11(12)13/h4-6H,2,7-8H2,1,3H3/b6-5-,10-4+. The Hall–Kier alpha value is -1.51. The minimum Gasteiger partial charge on any atom is -0.447 e. The third kappa shape index (κ3) is 2.49. The second-order valence-corrected chi connectivity index (χ2v) is 3.16. The van der Waals surface area contributed by atoms with Crippen molar-refractivity contribution in [1.29, 1.82) is 0 Å². The fourth-order valence-electron chi connectivity index (χ4n) is 1.20. The lowest BCUT2D eigenvalue weighted by Crippen LogP contribution is -2.22. The van der Waals surface area contributed by atoms with Gasteiger partial charge in [0.2, 0.25) is 0 Å². The number of rotatable bonds is 3. The SMILES string of the molecule is C=C(C)/C=C\C(=C/C)N1CCOC1=O. The summed E-state index contributed by atoms with van der Waals surface area (Å²) in [6, 6.07) is 0. The number of allylic oxidation sites excluding steroid dienone is 4. The van der Waals surface area contributed by atoms with E-state index in [2.05, 4.69) is 6.58 Å². The number of hydrogen-bond acceptors (Lipinski definition) is 2. The Balaban J connectivity index is 2.72. The molecule has 0 aromatic carbocycles. The minimum absolute atomic E-state index is 0.274. The summed E-state index contributed by atoms with van der Waals surface area (Å²) < 4.78 is 4.84. The van der Waals surface area contributed by atoms with Gasteiger partial charge in [0.1, 0.15) is 6.61 Å². The van der Waals surface area contributed by atoms with E-state index in [9.17, 15) is 4.79 Å². The number of carbonyl (C=O) groups is 1. The maximum absolute atomic E-state index is 11.2. The van der Waals surface area contributed by atoms with Crippen molar-refractivity contribution in [2.75, 3.05) is 13.2 Å². The number of cyclic esters (lactones) is 1. The second-order valence-electron chi connectivity index (χ2n) is 3.16. The van der Waals surface area contributed by atoms with Crippen LogP contribution in [0.15, 0.2) is 36.1 Å². The molecule has 1 saturated heterocycles. The largest absolute Gasteiger partial charge is 0.447 e. The first-order chi connectivity index (χ1) is 6.65. The van der Waals surface area contributed by atoms with Crippen LogP contribution in [0.4, 0.5) is 4.79 Å². The van der Waals surface area contributed by atoms with Gasteiger partial charge in [-0.2, -0.15) is 0 Å². The van der Waals surface area contributed by atoms with Gasteiger partial charge in [0.05, 0.1) is 6.54 Å². The molecule has 3 nitrogen and oxygen atoms in total. The molecule has 0 aromatic rings. The Morgan fingerprint density at radius 3 is 2.71 bits per heavy atom. The maximum atomic E-state index is 11.2. The summed E-state index contributed by atoms with van der Waals surface area (Å²) >= 11 is 0. The number of hydrogen-bond donors (Lipinski definition) is 0. The zero-order chi connectivity index (χ0) is 10.6. The van der Waals surface area contributed by atoms with E-state index in [0.29, 0.717) is 13.2 Å². The van der Waals surface area contributed by atoms with Gasteiger partial charge in [0, 0.05) is 5.70 Å². The van der Waals surface area contributed by atoms with Crippen molar-refractivity contribution in [2.45, 2.75) is 13.8 Å². The van der Waals surface area contributed by atoms with Crippen LogP contribution in [0.25, 0.3) is 0 Å². The molecular weight excluding hydrogens is 178 g/mol. The number of nitrogens with zero attached hydrogens (tertiary/aromatic N) is 1. The zero-order valence-corrected chi connectivity index (χ0v) is 8.62. The van der Waals surface area contributed by atoms with Crippen molar-refractivity contribution in [3.63, 3.8) is 0 Å². The van der Waals surface area contributed by atoms with Crippen LogP contribution in [-0.2, 0) is 4.74 Å². The highest BCUT2D eigenvalue weighted by molar-refractivity contribution is 5.72. The molecule has 0 radical (unpaired) electrons. The summed E-state index contributed by atoms with van der Waals surface area (Å²) in [5.74, 6) is 0. The molecule has 76 valence electrons. The Labute approximate surface area is 84.3 Å². The summed E-state index contributed by atoms with van der Waals surface area (Å²) in [7, 11) is 0. The van der Waals surface area contributed by atoms with Gasteiger partial charge >= 0.3 is 6.09 Å². The van der Waals surface area contributed by atoms with E-state index in [1.165, 1.54) is 0 Å². The van der Waals surface area contributed by atoms with Crippen molar-refractivity contribution in [2.24, 2.45) is 0 Å². The van der Waals surface area contributed by atoms with Crippen LogP contribution < -0.4 is 0 Å². The van der Waals surface area contributed by atoms with Crippen LogP contribution in [0.5, 0.6) is 0 Å². The molecule has 0 aliphatic carbocycles. The molecule has 1 heterocycles. The lowest BCUT2D eigenvalue weighted by molar-refractivity contribution is 0.165. The summed E-state index contributed by atoms with van der Waals surface area (Å²) in [5.41, 5.74) is 1.81. The van der Waals surface area contributed by atoms with Crippen LogP contribution in [0.3, 0.4) is 0 Å². The van der Waals surface area contributed by atoms with Gasteiger partial charge in [-0.15, -0.1) is 0 Å². The number of ether oxygens (including phenoxy) is 1.